The number of benzene rings is 1. The second-order valence-electron chi connectivity index (χ2n) is 5.21. The molecule has 7 heteroatoms. The van der Waals surface area contributed by atoms with Crippen molar-refractivity contribution >= 4 is 33.2 Å². The van der Waals surface area contributed by atoms with E-state index in [0.717, 1.165) is 14.4 Å². The number of hydrogen-bond acceptors (Lipinski definition) is 5. The van der Waals surface area contributed by atoms with Crippen LogP contribution in [0.5, 0.6) is 11.5 Å². The Balaban J connectivity index is 2.10. The first-order valence-corrected chi connectivity index (χ1v) is 8.72. The van der Waals surface area contributed by atoms with Crippen LogP contribution >= 0.6 is 27.3 Å². The minimum Gasteiger partial charge on any atom is -0.493 e. The van der Waals surface area contributed by atoms with Crippen LogP contribution in [0.1, 0.15) is 40.7 Å². The van der Waals surface area contributed by atoms with Crippen molar-refractivity contribution in [2.24, 2.45) is 0 Å². The molecule has 1 N–H and O–H groups in total. The number of nitrogens with zero attached hydrogens (tertiary/aromatic N) is 1. The molecule has 2 rings (SSSR count). The lowest BCUT2D eigenvalue weighted by atomic mass is 10.1. The largest absolute Gasteiger partial charge is 0.493 e. The lowest BCUT2D eigenvalue weighted by Crippen LogP contribution is -2.24. The molecule has 1 heterocycles. The molecule has 0 bridgehead atoms. The second kappa shape index (κ2) is 7.79. The Morgan fingerprint density at radius 2 is 2.00 bits per heavy atom. The fourth-order valence-corrected chi connectivity index (χ4v) is 3.61. The van der Waals surface area contributed by atoms with E-state index in [1.54, 1.807) is 14.2 Å². The molecule has 0 aliphatic carbocycles. The number of aromatic nitrogens is 1. The normalized spacial score (nSPS) is 10.7. The molecule has 0 atom stereocenters. The number of thiazole rings is 1. The standard InChI is InChI=1S/C16H19BrN2O3S/c1-9(2)14-13(19-16(17)23-14)15(20)18-8-10-5-6-11(21-3)12(7-10)22-4/h5-7,9H,8H2,1-4H3,(H,18,20). The van der Waals surface area contributed by atoms with E-state index in [9.17, 15) is 4.79 Å². The third-order valence-corrected chi connectivity index (χ3v) is 5.08. The number of carbonyl (C=O) groups excluding carboxylic acids is 1. The number of rotatable bonds is 6. The molecule has 0 unspecified atom stereocenters. The molecule has 0 spiro atoms. The second-order valence-corrected chi connectivity index (χ2v) is 7.51. The quantitative estimate of drug-likeness (QED) is 0.799. The van der Waals surface area contributed by atoms with E-state index in [1.807, 2.05) is 32.0 Å². The van der Waals surface area contributed by atoms with E-state index < -0.39 is 0 Å². The topological polar surface area (TPSA) is 60.5 Å². The van der Waals surface area contributed by atoms with Gasteiger partial charge in [-0.05, 0) is 39.5 Å². The first-order valence-electron chi connectivity index (χ1n) is 7.11. The molecule has 0 aliphatic rings. The molecule has 5 nitrogen and oxygen atoms in total. The van der Waals surface area contributed by atoms with Gasteiger partial charge in [0.15, 0.2) is 15.4 Å². The number of halogens is 1. The van der Waals surface area contributed by atoms with E-state index in [0.29, 0.717) is 23.7 Å². The maximum absolute atomic E-state index is 12.4. The van der Waals surface area contributed by atoms with Gasteiger partial charge in [0, 0.05) is 11.4 Å². The number of amides is 1. The lowest BCUT2D eigenvalue weighted by molar-refractivity contribution is 0.0945. The van der Waals surface area contributed by atoms with Gasteiger partial charge >= 0.3 is 0 Å². The molecule has 0 saturated carbocycles. The molecule has 124 valence electrons. The summed E-state index contributed by atoms with van der Waals surface area (Å²) in [5.41, 5.74) is 1.41. The fraction of sp³-hybridized carbons (Fsp3) is 0.375. The number of hydrogen-bond donors (Lipinski definition) is 1. The van der Waals surface area contributed by atoms with Crippen molar-refractivity contribution in [3.05, 3.63) is 38.3 Å². The van der Waals surface area contributed by atoms with Gasteiger partial charge in [-0.3, -0.25) is 4.79 Å². The maximum Gasteiger partial charge on any atom is 0.271 e. The molecule has 0 fully saturated rings. The van der Waals surface area contributed by atoms with Crippen molar-refractivity contribution in [3.8, 4) is 11.5 Å². The van der Waals surface area contributed by atoms with Gasteiger partial charge in [-0.15, -0.1) is 11.3 Å². The number of methoxy groups -OCH3 is 2. The monoisotopic (exact) mass is 398 g/mol. The first-order chi connectivity index (χ1) is 11.0. The Labute approximate surface area is 148 Å². The maximum atomic E-state index is 12.4. The van der Waals surface area contributed by atoms with Crippen LogP contribution in [-0.4, -0.2) is 25.1 Å². The van der Waals surface area contributed by atoms with E-state index in [1.165, 1.54) is 11.3 Å². The molecule has 1 amide bonds. The Morgan fingerprint density at radius 1 is 1.30 bits per heavy atom. The molecule has 0 saturated heterocycles. The summed E-state index contributed by atoms with van der Waals surface area (Å²) < 4.78 is 11.2. The van der Waals surface area contributed by atoms with E-state index in [4.69, 9.17) is 9.47 Å². The zero-order chi connectivity index (χ0) is 17.0. The van der Waals surface area contributed by atoms with Crippen molar-refractivity contribution in [1.29, 1.82) is 0 Å². The highest BCUT2D eigenvalue weighted by Crippen LogP contribution is 2.30. The van der Waals surface area contributed by atoms with Gasteiger partial charge in [0.25, 0.3) is 5.91 Å². The summed E-state index contributed by atoms with van der Waals surface area (Å²) in [4.78, 5) is 17.6. The van der Waals surface area contributed by atoms with Gasteiger partial charge in [0.05, 0.1) is 14.2 Å². The smallest absolute Gasteiger partial charge is 0.271 e. The van der Waals surface area contributed by atoms with Gasteiger partial charge in [-0.25, -0.2) is 4.98 Å². The van der Waals surface area contributed by atoms with Gasteiger partial charge in [-0.2, -0.15) is 0 Å². The van der Waals surface area contributed by atoms with Crippen LogP contribution in [0.25, 0.3) is 0 Å². The minimum absolute atomic E-state index is 0.176. The van der Waals surface area contributed by atoms with Crippen molar-refractivity contribution in [2.45, 2.75) is 26.3 Å². The Morgan fingerprint density at radius 3 is 2.61 bits per heavy atom. The van der Waals surface area contributed by atoms with Gasteiger partial charge in [-0.1, -0.05) is 19.9 Å². The average molecular weight is 399 g/mol. The summed E-state index contributed by atoms with van der Waals surface area (Å²) in [5, 5.41) is 2.90. The van der Waals surface area contributed by atoms with Gasteiger partial charge < -0.3 is 14.8 Å². The zero-order valence-electron chi connectivity index (χ0n) is 13.5. The number of ether oxygens (including phenoxy) is 2. The van der Waals surface area contributed by atoms with Crippen molar-refractivity contribution < 1.29 is 14.3 Å². The highest BCUT2D eigenvalue weighted by molar-refractivity contribution is 9.11. The van der Waals surface area contributed by atoms with E-state index >= 15 is 0 Å². The predicted molar refractivity (Wildman–Crippen MR) is 94.6 cm³/mol. The SMILES string of the molecule is COc1ccc(CNC(=O)c2nc(Br)sc2C(C)C)cc1OC. The summed E-state index contributed by atoms with van der Waals surface area (Å²) in [6.07, 6.45) is 0. The lowest BCUT2D eigenvalue weighted by Gasteiger charge is -2.10. The van der Waals surface area contributed by atoms with Crippen molar-refractivity contribution in [2.75, 3.05) is 14.2 Å². The van der Waals surface area contributed by atoms with Crippen molar-refractivity contribution in [3.63, 3.8) is 0 Å². The summed E-state index contributed by atoms with van der Waals surface area (Å²) in [6.45, 7) is 4.49. The molecule has 1 aromatic carbocycles. The summed E-state index contributed by atoms with van der Waals surface area (Å²) in [7, 11) is 3.18. The summed E-state index contributed by atoms with van der Waals surface area (Å²) in [5.74, 6) is 1.37. The number of nitrogens with one attached hydrogen (secondary N) is 1. The summed E-state index contributed by atoms with van der Waals surface area (Å²) in [6, 6.07) is 5.56. The third kappa shape index (κ3) is 4.23. The van der Waals surface area contributed by atoms with Crippen LogP contribution in [0.3, 0.4) is 0 Å². The van der Waals surface area contributed by atoms with Crippen LogP contribution in [0.15, 0.2) is 22.1 Å². The molecule has 2 aromatic rings. The van der Waals surface area contributed by atoms with Crippen molar-refractivity contribution in [1.82, 2.24) is 10.3 Å². The molecule has 23 heavy (non-hydrogen) atoms. The third-order valence-electron chi connectivity index (χ3n) is 3.27. The average Bonchev–Trinajstić information content (AvgIpc) is 2.94. The predicted octanol–water partition coefficient (Wildman–Crippen LogP) is 3.98. The Kier molecular flexibility index (Phi) is 6.01. The molecular formula is C16H19BrN2O3S. The van der Waals surface area contributed by atoms with Gasteiger partial charge in [0.1, 0.15) is 5.69 Å². The van der Waals surface area contributed by atoms with Crippen LogP contribution in [0.2, 0.25) is 0 Å². The molecule has 0 aliphatic heterocycles. The van der Waals surface area contributed by atoms with E-state index in [-0.39, 0.29) is 11.8 Å². The van der Waals surface area contributed by atoms with Gasteiger partial charge in [0.2, 0.25) is 0 Å². The van der Waals surface area contributed by atoms with Crippen LogP contribution in [0.4, 0.5) is 0 Å². The van der Waals surface area contributed by atoms with Crippen LogP contribution in [-0.2, 0) is 6.54 Å². The van der Waals surface area contributed by atoms with Crippen LogP contribution in [0, 0.1) is 0 Å². The van der Waals surface area contributed by atoms with E-state index in [2.05, 4.69) is 26.2 Å². The highest BCUT2D eigenvalue weighted by atomic mass is 79.9. The molecular weight excluding hydrogens is 380 g/mol. The Hall–Kier alpha value is -1.60. The fourth-order valence-electron chi connectivity index (χ4n) is 2.12. The minimum atomic E-state index is -0.176. The molecule has 0 radical (unpaired) electrons. The first kappa shape index (κ1) is 17.7. The summed E-state index contributed by atoms with van der Waals surface area (Å²) >= 11 is 4.84. The Bertz CT molecular complexity index is 701. The highest BCUT2D eigenvalue weighted by Gasteiger charge is 2.19. The van der Waals surface area contributed by atoms with Crippen LogP contribution < -0.4 is 14.8 Å². The molecule has 1 aromatic heterocycles. The zero-order valence-corrected chi connectivity index (χ0v) is 15.9. The number of carbonyl (C=O) groups is 1.